The fourth-order valence-corrected chi connectivity index (χ4v) is 4.08. The fourth-order valence-electron chi connectivity index (χ4n) is 3.77. The van der Waals surface area contributed by atoms with Crippen molar-refractivity contribution < 1.29 is 19.1 Å². The van der Waals surface area contributed by atoms with E-state index in [0.717, 1.165) is 22.3 Å². The first-order valence-corrected chi connectivity index (χ1v) is 12.4. The Bertz CT molecular complexity index is 1470. The largest absolute Gasteiger partial charge is 0.481 e. The lowest BCUT2D eigenvalue weighted by atomic mass is 10.0. The molecule has 1 aromatic heterocycles. The standard InChI is InChI=1S/C29H26ClN3O5/c1-2-37-25(34)17-31-28(35)26-27(38-18-19-9-5-3-6-10-19)29(36)33-24(32-26)16-20-13-14-22(23(30)15-20)21-11-7-4-8-12-21/h3-15H,2,16-18H2,1H3,(H,31,35)(H,32,33,36). The number of hydrogen-bond acceptors (Lipinski definition) is 6. The van der Waals surface area contributed by atoms with Crippen LogP contribution in [0.1, 0.15) is 34.4 Å². The Labute approximate surface area is 224 Å². The molecule has 0 bridgehead atoms. The minimum Gasteiger partial charge on any atom is -0.481 e. The number of halogens is 1. The lowest BCUT2D eigenvalue weighted by Crippen LogP contribution is -2.33. The molecule has 0 aliphatic rings. The van der Waals surface area contributed by atoms with Crippen molar-refractivity contribution in [1.82, 2.24) is 15.3 Å². The van der Waals surface area contributed by atoms with Gasteiger partial charge in [0.25, 0.3) is 11.5 Å². The summed E-state index contributed by atoms with van der Waals surface area (Å²) in [5, 5.41) is 2.99. The summed E-state index contributed by atoms with van der Waals surface area (Å²) in [7, 11) is 0. The van der Waals surface area contributed by atoms with Gasteiger partial charge in [0.2, 0.25) is 5.75 Å². The van der Waals surface area contributed by atoms with Crippen molar-refractivity contribution in [2.24, 2.45) is 0 Å². The summed E-state index contributed by atoms with van der Waals surface area (Å²) in [6, 6.07) is 24.5. The first-order chi connectivity index (χ1) is 18.4. The molecule has 0 saturated heterocycles. The van der Waals surface area contributed by atoms with Crippen LogP contribution in [0.2, 0.25) is 5.02 Å². The van der Waals surface area contributed by atoms with Gasteiger partial charge in [-0.25, -0.2) is 4.98 Å². The van der Waals surface area contributed by atoms with Gasteiger partial charge in [0.1, 0.15) is 19.0 Å². The number of aromatic nitrogens is 2. The zero-order chi connectivity index (χ0) is 26.9. The lowest BCUT2D eigenvalue weighted by Gasteiger charge is -2.12. The number of benzene rings is 3. The quantitative estimate of drug-likeness (QED) is 0.290. The summed E-state index contributed by atoms with van der Waals surface area (Å²) in [6.07, 6.45) is 0.209. The zero-order valence-electron chi connectivity index (χ0n) is 20.7. The molecule has 2 N–H and O–H groups in total. The van der Waals surface area contributed by atoms with Crippen LogP contribution in [0.25, 0.3) is 11.1 Å². The maximum Gasteiger partial charge on any atom is 0.325 e. The van der Waals surface area contributed by atoms with E-state index in [-0.39, 0.29) is 43.4 Å². The van der Waals surface area contributed by atoms with E-state index in [9.17, 15) is 14.4 Å². The van der Waals surface area contributed by atoms with Crippen LogP contribution in [-0.2, 0) is 22.6 Å². The number of amides is 1. The Hall–Kier alpha value is -4.43. The Morgan fingerprint density at radius 3 is 2.37 bits per heavy atom. The molecular weight excluding hydrogens is 506 g/mol. The number of carbonyl (C=O) groups is 2. The average Bonchev–Trinajstić information content (AvgIpc) is 2.92. The van der Waals surface area contributed by atoms with Gasteiger partial charge in [0.15, 0.2) is 5.69 Å². The van der Waals surface area contributed by atoms with Gasteiger partial charge in [0, 0.05) is 17.0 Å². The van der Waals surface area contributed by atoms with Crippen molar-refractivity contribution in [3.8, 4) is 16.9 Å². The monoisotopic (exact) mass is 531 g/mol. The van der Waals surface area contributed by atoms with Crippen LogP contribution in [0.15, 0.2) is 83.7 Å². The second kappa shape index (κ2) is 12.7. The zero-order valence-corrected chi connectivity index (χ0v) is 21.5. The van der Waals surface area contributed by atoms with Crippen molar-refractivity contribution in [3.05, 3.63) is 117 Å². The SMILES string of the molecule is CCOC(=O)CNC(=O)c1nc(Cc2ccc(-c3ccccc3)c(Cl)c2)[nH]c(=O)c1OCc1ccccc1. The van der Waals surface area contributed by atoms with Gasteiger partial charge in [-0.3, -0.25) is 14.4 Å². The van der Waals surface area contributed by atoms with Gasteiger partial charge >= 0.3 is 5.97 Å². The molecule has 4 rings (SSSR count). The van der Waals surface area contributed by atoms with E-state index in [4.69, 9.17) is 21.1 Å². The molecule has 0 aliphatic heterocycles. The van der Waals surface area contributed by atoms with Crippen LogP contribution >= 0.6 is 11.6 Å². The van der Waals surface area contributed by atoms with Gasteiger partial charge in [0.05, 0.1) is 6.61 Å². The lowest BCUT2D eigenvalue weighted by molar-refractivity contribution is -0.141. The molecule has 38 heavy (non-hydrogen) atoms. The maximum atomic E-state index is 13.0. The number of ether oxygens (including phenoxy) is 2. The Morgan fingerprint density at radius 2 is 1.68 bits per heavy atom. The molecule has 8 nitrogen and oxygen atoms in total. The Kier molecular flexibility index (Phi) is 8.89. The molecule has 0 unspecified atom stereocenters. The molecule has 0 aliphatic carbocycles. The summed E-state index contributed by atoms with van der Waals surface area (Å²) >= 11 is 6.54. The van der Waals surface area contributed by atoms with Crippen molar-refractivity contribution in [2.75, 3.05) is 13.2 Å². The molecule has 4 aromatic rings. The summed E-state index contributed by atoms with van der Waals surface area (Å²) in [4.78, 5) is 44.8. The number of carbonyl (C=O) groups excluding carboxylic acids is 2. The molecule has 1 amide bonds. The molecule has 3 aromatic carbocycles. The van der Waals surface area contributed by atoms with Gasteiger partial charge in [-0.05, 0) is 29.7 Å². The van der Waals surface area contributed by atoms with E-state index < -0.39 is 17.4 Å². The minimum absolute atomic E-state index is 0.0552. The number of esters is 1. The van der Waals surface area contributed by atoms with E-state index in [1.54, 1.807) is 13.0 Å². The van der Waals surface area contributed by atoms with Crippen LogP contribution in [0.4, 0.5) is 0 Å². The summed E-state index contributed by atoms with van der Waals surface area (Å²) in [5.74, 6) is -1.33. The second-order valence-electron chi connectivity index (χ2n) is 8.31. The highest BCUT2D eigenvalue weighted by molar-refractivity contribution is 6.33. The molecule has 0 spiro atoms. The molecule has 0 atom stereocenters. The Morgan fingerprint density at radius 1 is 0.974 bits per heavy atom. The number of aromatic amines is 1. The predicted octanol–water partition coefficient (Wildman–Crippen LogP) is 4.55. The normalized spacial score (nSPS) is 10.6. The number of hydrogen-bond donors (Lipinski definition) is 2. The van der Waals surface area contributed by atoms with E-state index in [0.29, 0.717) is 5.02 Å². The molecule has 0 fully saturated rings. The molecule has 194 valence electrons. The van der Waals surface area contributed by atoms with Crippen LogP contribution in [0, 0.1) is 0 Å². The van der Waals surface area contributed by atoms with E-state index >= 15 is 0 Å². The molecule has 0 saturated carbocycles. The first kappa shape index (κ1) is 26.6. The van der Waals surface area contributed by atoms with Crippen molar-refractivity contribution in [1.29, 1.82) is 0 Å². The fraction of sp³-hybridized carbons (Fsp3) is 0.172. The van der Waals surface area contributed by atoms with Crippen molar-refractivity contribution in [2.45, 2.75) is 20.0 Å². The minimum atomic E-state index is -0.731. The van der Waals surface area contributed by atoms with Crippen LogP contribution in [0.5, 0.6) is 5.75 Å². The molecule has 0 radical (unpaired) electrons. The van der Waals surface area contributed by atoms with E-state index in [1.165, 1.54) is 0 Å². The predicted molar refractivity (Wildman–Crippen MR) is 144 cm³/mol. The van der Waals surface area contributed by atoms with Crippen molar-refractivity contribution >= 4 is 23.5 Å². The number of nitrogens with zero attached hydrogens (tertiary/aromatic N) is 1. The van der Waals surface area contributed by atoms with Crippen LogP contribution < -0.4 is 15.6 Å². The number of rotatable bonds is 10. The first-order valence-electron chi connectivity index (χ1n) is 12.0. The highest BCUT2D eigenvalue weighted by Crippen LogP contribution is 2.29. The maximum absolute atomic E-state index is 13.0. The highest BCUT2D eigenvalue weighted by atomic mass is 35.5. The Balaban J connectivity index is 1.60. The molecular formula is C29H26ClN3O5. The topological polar surface area (TPSA) is 110 Å². The summed E-state index contributed by atoms with van der Waals surface area (Å²) < 4.78 is 10.6. The third-order valence-corrected chi connectivity index (χ3v) is 5.87. The van der Waals surface area contributed by atoms with Crippen LogP contribution in [0.3, 0.4) is 0 Å². The van der Waals surface area contributed by atoms with Gasteiger partial charge < -0.3 is 19.8 Å². The smallest absolute Gasteiger partial charge is 0.325 e. The number of nitrogens with one attached hydrogen (secondary N) is 2. The third-order valence-electron chi connectivity index (χ3n) is 5.56. The third kappa shape index (κ3) is 6.86. The summed E-state index contributed by atoms with van der Waals surface area (Å²) in [5.41, 5.74) is 2.61. The van der Waals surface area contributed by atoms with Crippen molar-refractivity contribution in [3.63, 3.8) is 0 Å². The highest BCUT2D eigenvalue weighted by Gasteiger charge is 2.21. The second-order valence-corrected chi connectivity index (χ2v) is 8.72. The van der Waals surface area contributed by atoms with Gasteiger partial charge in [-0.15, -0.1) is 0 Å². The van der Waals surface area contributed by atoms with Gasteiger partial charge in [-0.1, -0.05) is 84.4 Å². The van der Waals surface area contributed by atoms with E-state index in [1.807, 2.05) is 72.8 Å². The molecule has 9 heteroatoms. The number of H-pyrrole nitrogens is 1. The average molecular weight is 532 g/mol. The van der Waals surface area contributed by atoms with Gasteiger partial charge in [-0.2, -0.15) is 0 Å². The van der Waals surface area contributed by atoms with Crippen LogP contribution in [-0.4, -0.2) is 35.0 Å². The summed E-state index contributed by atoms with van der Waals surface area (Å²) in [6.45, 7) is 1.53. The van der Waals surface area contributed by atoms with E-state index in [2.05, 4.69) is 15.3 Å². The molecule has 1 heterocycles.